The van der Waals surface area contributed by atoms with E-state index in [-0.39, 0.29) is 26.2 Å². The lowest BCUT2D eigenvalue weighted by atomic mass is 10.2. The highest BCUT2D eigenvalue weighted by Crippen LogP contribution is 2.28. The fraction of sp³-hybridized carbons (Fsp3) is 0. The first-order valence-corrected chi connectivity index (χ1v) is 8.74. The monoisotopic (exact) mass is 404 g/mol. The summed E-state index contributed by atoms with van der Waals surface area (Å²) < 4.78 is 28.1. The van der Waals surface area contributed by atoms with Crippen LogP contribution in [-0.2, 0) is 10.0 Å². The second-order valence-electron chi connectivity index (χ2n) is 4.09. The Balaban J connectivity index is 2.49. The highest BCUT2D eigenvalue weighted by molar-refractivity contribution is 9.10. The number of nitrogens with two attached hydrogens (primary N) is 1. The van der Waals surface area contributed by atoms with Crippen molar-refractivity contribution in [2.24, 2.45) is 5.73 Å². The molecule has 0 atom stereocenters. The van der Waals surface area contributed by atoms with Gasteiger partial charge in [-0.15, -0.1) is 0 Å². The predicted octanol–water partition coefficient (Wildman–Crippen LogP) is 3.54. The summed E-state index contributed by atoms with van der Waals surface area (Å²) in [5.74, 6) is 0. The highest BCUT2D eigenvalue weighted by atomic mass is 79.9. The average molecular weight is 406 g/mol. The van der Waals surface area contributed by atoms with Crippen LogP contribution in [0.1, 0.15) is 5.56 Å². The molecule has 0 aliphatic heterocycles. The average Bonchev–Trinajstić information content (AvgIpc) is 2.42. The number of nitrogens with one attached hydrogen (secondary N) is 1. The molecule has 2 aromatic carbocycles. The number of sulfonamides is 1. The molecule has 0 fully saturated rings. The molecule has 0 unspecified atom stereocenters. The van der Waals surface area contributed by atoms with E-state index in [1.165, 1.54) is 6.07 Å². The Morgan fingerprint density at radius 3 is 2.57 bits per heavy atom. The third kappa shape index (κ3) is 3.74. The second kappa shape index (κ2) is 6.31. The molecule has 2 aromatic rings. The van der Waals surface area contributed by atoms with Crippen molar-refractivity contribution in [3.8, 4) is 0 Å². The van der Waals surface area contributed by atoms with E-state index in [1.54, 1.807) is 36.4 Å². The van der Waals surface area contributed by atoms with Crippen LogP contribution >= 0.6 is 39.7 Å². The van der Waals surface area contributed by atoms with Gasteiger partial charge in [0.15, 0.2) is 0 Å². The lowest BCUT2D eigenvalue weighted by molar-refractivity contribution is 0.601. The minimum Gasteiger partial charge on any atom is -0.389 e. The summed E-state index contributed by atoms with van der Waals surface area (Å²) in [6, 6.07) is 11.1. The lowest BCUT2D eigenvalue weighted by Crippen LogP contribution is -2.19. The van der Waals surface area contributed by atoms with E-state index in [9.17, 15) is 8.42 Å². The van der Waals surface area contributed by atoms with E-state index >= 15 is 0 Å². The van der Waals surface area contributed by atoms with Crippen molar-refractivity contribution >= 4 is 60.4 Å². The molecular formula is C13H10BrClN2O2S2. The molecule has 4 nitrogen and oxygen atoms in total. The van der Waals surface area contributed by atoms with E-state index in [2.05, 4.69) is 20.7 Å². The quantitative estimate of drug-likeness (QED) is 0.763. The van der Waals surface area contributed by atoms with Crippen molar-refractivity contribution in [3.63, 3.8) is 0 Å². The van der Waals surface area contributed by atoms with Crippen LogP contribution in [-0.4, -0.2) is 13.4 Å². The molecule has 2 rings (SSSR count). The maximum absolute atomic E-state index is 12.5. The Hall–Kier alpha value is -1.15. The van der Waals surface area contributed by atoms with Gasteiger partial charge in [0, 0.05) is 10.0 Å². The van der Waals surface area contributed by atoms with Crippen molar-refractivity contribution in [1.29, 1.82) is 0 Å². The molecule has 0 aliphatic rings. The standard InChI is InChI=1S/C13H10BrClN2O2S2/c14-8-5-6-10(15)11(7-8)17-21(18,19)12-4-2-1-3-9(12)13(16)20/h1-7,17H,(H2,16,20). The number of rotatable bonds is 4. The molecule has 0 radical (unpaired) electrons. The van der Waals surface area contributed by atoms with E-state index in [0.29, 0.717) is 4.47 Å². The Kier molecular flexibility index (Phi) is 4.88. The normalized spacial score (nSPS) is 11.1. The van der Waals surface area contributed by atoms with Gasteiger partial charge < -0.3 is 5.73 Å². The highest BCUT2D eigenvalue weighted by Gasteiger charge is 2.20. The Labute approximate surface area is 141 Å². The number of anilines is 1. The predicted molar refractivity (Wildman–Crippen MR) is 92.3 cm³/mol. The fourth-order valence-electron chi connectivity index (χ4n) is 1.68. The molecule has 0 aliphatic carbocycles. The molecule has 8 heteroatoms. The third-order valence-electron chi connectivity index (χ3n) is 2.61. The minimum absolute atomic E-state index is 0.00791. The first-order chi connectivity index (χ1) is 9.81. The fourth-order valence-corrected chi connectivity index (χ4v) is 3.80. The van der Waals surface area contributed by atoms with Gasteiger partial charge in [0.05, 0.1) is 15.6 Å². The van der Waals surface area contributed by atoms with Crippen LogP contribution in [0.3, 0.4) is 0 Å². The SMILES string of the molecule is NC(=S)c1ccccc1S(=O)(=O)Nc1cc(Br)ccc1Cl. The number of hydrogen-bond acceptors (Lipinski definition) is 3. The van der Waals surface area contributed by atoms with Crippen LogP contribution < -0.4 is 10.5 Å². The smallest absolute Gasteiger partial charge is 0.262 e. The van der Waals surface area contributed by atoms with Crippen molar-refractivity contribution in [2.45, 2.75) is 4.90 Å². The molecular weight excluding hydrogens is 396 g/mol. The molecule has 0 saturated carbocycles. The van der Waals surface area contributed by atoms with E-state index in [1.807, 2.05) is 0 Å². The van der Waals surface area contributed by atoms with Gasteiger partial charge >= 0.3 is 0 Å². The summed E-state index contributed by atoms with van der Waals surface area (Å²) in [6.07, 6.45) is 0. The zero-order chi connectivity index (χ0) is 15.6. The summed E-state index contributed by atoms with van der Waals surface area (Å²) >= 11 is 14.1. The maximum atomic E-state index is 12.5. The minimum atomic E-state index is -3.85. The summed E-state index contributed by atoms with van der Waals surface area (Å²) in [4.78, 5) is 0.0184. The summed E-state index contributed by atoms with van der Waals surface area (Å²) in [7, 11) is -3.85. The number of thiocarbonyl (C=S) groups is 1. The van der Waals surface area contributed by atoms with Crippen LogP contribution in [0.2, 0.25) is 5.02 Å². The molecule has 0 amide bonds. The molecule has 3 N–H and O–H groups in total. The first-order valence-electron chi connectivity index (χ1n) is 5.68. The molecule has 21 heavy (non-hydrogen) atoms. The zero-order valence-electron chi connectivity index (χ0n) is 10.5. The van der Waals surface area contributed by atoms with Crippen LogP contribution in [0.4, 0.5) is 5.69 Å². The Morgan fingerprint density at radius 1 is 1.24 bits per heavy atom. The molecule has 110 valence electrons. The molecule has 0 aromatic heterocycles. The van der Waals surface area contributed by atoms with E-state index in [4.69, 9.17) is 29.6 Å². The zero-order valence-corrected chi connectivity index (χ0v) is 14.5. The first kappa shape index (κ1) is 16.2. The summed E-state index contributed by atoms with van der Waals surface area (Å²) in [5.41, 5.74) is 6.12. The molecule has 0 bridgehead atoms. The van der Waals surface area contributed by atoms with Gasteiger partial charge in [0.25, 0.3) is 10.0 Å². The molecule has 0 saturated heterocycles. The number of benzene rings is 2. The van der Waals surface area contributed by atoms with Gasteiger partial charge in [-0.2, -0.15) is 0 Å². The van der Waals surface area contributed by atoms with Crippen molar-refractivity contribution in [1.82, 2.24) is 0 Å². The lowest BCUT2D eigenvalue weighted by Gasteiger charge is -2.12. The van der Waals surface area contributed by atoms with Gasteiger partial charge in [-0.1, -0.05) is 57.9 Å². The van der Waals surface area contributed by atoms with Crippen LogP contribution in [0, 0.1) is 0 Å². The van der Waals surface area contributed by atoms with Crippen molar-refractivity contribution in [3.05, 3.63) is 57.5 Å². The molecule has 0 heterocycles. The van der Waals surface area contributed by atoms with Crippen LogP contribution in [0.15, 0.2) is 51.8 Å². The van der Waals surface area contributed by atoms with Crippen LogP contribution in [0.25, 0.3) is 0 Å². The third-order valence-corrected chi connectivity index (χ3v) is 5.08. The van der Waals surface area contributed by atoms with Gasteiger partial charge in [0.2, 0.25) is 0 Å². The maximum Gasteiger partial charge on any atom is 0.262 e. The summed E-state index contributed by atoms with van der Waals surface area (Å²) in [5, 5.41) is 0.287. The largest absolute Gasteiger partial charge is 0.389 e. The Morgan fingerprint density at radius 2 is 1.90 bits per heavy atom. The van der Waals surface area contributed by atoms with Gasteiger partial charge in [0.1, 0.15) is 4.99 Å². The van der Waals surface area contributed by atoms with Crippen molar-refractivity contribution < 1.29 is 8.42 Å². The van der Waals surface area contributed by atoms with Gasteiger partial charge in [-0.05, 0) is 24.3 Å². The Bertz CT molecular complexity index is 810. The van der Waals surface area contributed by atoms with E-state index in [0.717, 1.165) is 0 Å². The number of hydrogen-bond donors (Lipinski definition) is 2. The van der Waals surface area contributed by atoms with Gasteiger partial charge in [-0.3, -0.25) is 4.72 Å². The number of halogens is 2. The summed E-state index contributed by atoms with van der Waals surface area (Å²) in [6.45, 7) is 0. The second-order valence-corrected chi connectivity index (χ2v) is 7.50. The van der Waals surface area contributed by atoms with Gasteiger partial charge in [-0.25, -0.2) is 8.42 Å². The van der Waals surface area contributed by atoms with E-state index < -0.39 is 10.0 Å². The van der Waals surface area contributed by atoms with Crippen LogP contribution in [0.5, 0.6) is 0 Å². The topological polar surface area (TPSA) is 72.2 Å². The van der Waals surface area contributed by atoms with Crippen molar-refractivity contribution in [2.75, 3.05) is 4.72 Å². The molecule has 0 spiro atoms.